The average Bonchev–Trinajstić information content (AvgIpc) is 3.19. The molecule has 154 valence electrons. The van der Waals surface area contributed by atoms with Crippen LogP contribution in [0.5, 0.6) is 5.75 Å². The first kappa shape index (κ1) is 21.2. The number of rotatable bonds is 8. The number of methoxy groups -OCH3 is 1. The molecule has 0 aliphatic rings. The molecule has 0 saturated carbocycles. The number of nitrogens with zero attached hydrogens (tertiary/aromatic N) is 3. The SMILES string of the molecule is COc1ccccc1C(=O)Nc1nnc(SCC(=O)Nc2cccc([N+](=O)[O-])c2)s1. The number of nitrogens with one attached hydrogen (secondary N) is 2. The Morgan fingerprint density at radius 2 is 1.97 bits per heavy atom. The van der Waals surface area contributed by atoms with Crippen molar-refractivity contribution in [3.05, 3.63) is 64.2 Å². The van der Waals surface area contributed by atoms with Crippen molar-refractivity contribution >= 4 is 51.4 Å². The highest BCUT2D eigenvalue weighted by atomic mass is 32.2. The van der Waals surface area contributed by atoms with Gasteiger partial charge in [-0.05, 0) is 18.2 Å². The van der Waals surface area contributed by atoms with E-state index in [1.807, 2.05) is 0 Å². The van der Waals surface area contributed by atoms with Crippen LogP contribution in [0.4, 0.5) is 16.5 Å². The molecule has 0 aliphatic carbocycles. The van der Waals surface area contributed by atoms with E-state index < -0.39 is 4.92 Å². The van der Waals surface area contributed by atoms with Crippen molar-refractivity contribution in [2.75, 3.05) is 23.5 Å². The number of ether oxygens (including phenoxy) is 1. The Kier molecular flexibility index (Phi) is 6.93. The molecule has 2 aromatic carbocycles. The largest absolute Gasteiger partial charge is 0.496 e. The number of non-ortho nitro benzene ring substituents is 1. The first-order valence-corrected chi connectivity index (χ1v) is 10.2. The average molecular weight is 445 g/mol. The predicted molar refractivity (Wildman–Crippen MR) is 113 cm³/mol. The van der Waals surface area contributed by atoms with Gasteiger partial charge >= 0.3 is 0 Å². The number of aromatic nitrogens is 2. The molecule has 0 saturated heterocycles. The molecule has 12 heteroatoms. The monoisotopic (exact) mass is 445 g/mol. The fourth-order valence-corrected chi connectivity index (χ4v) is 3.88. The fraction of sp³-hybridized carbons (Fsp3) is 0.111. The van der Waals surface area contributed by atoms with E-state index in [0.717, 1.165) is 23.1 Å². The second kappa shape index (κ2) is 9.80. The van der Waals surface area contributed by atoms with Gasteiger partial charge in [-0.2, -0.15) is 0 Å². The van der Waals surface area contributed by atoms with E-state index in [9.17, 15) is 19.7 Å². The van der Waals surface area contributed by atoms with E-state index in [1.165, 1.54) is 25.3 Å². The summed E-state index contributed by atoms with van der Waals surface area (Å²) in [5.74, 6) is -0.275. The highest BCUT2D eigenvalue weighted by Gasteiger charge is 2.15. The number of benzene rings is 2. The Labute approximate surface area is 178 Å². The third kappa shape index (κ3) is 5.52. The zero-order valence-electron chi connectivity index (χ0n) is 15.5. The van der Waals surface area contributed by atoms with Gasteiger partial charge in [-0.15, -0.1) is 10.2 Å². The molecule has 2 amide bonds. The molecule has 3 rings (SSSR count). The Balaban J connectivity index is 1.54. The predicted octanol–water partition coefficient (Wildman–Crippen LogP) is 3.44. The molecular weight excluding hydrogens is 430 g/mol. The maximum atomic E-state index is 12.4. The van der Waals surface area contributed by atoms with Crippen LogP contribution in [-0.2, 0) is 4.79 Å². The molecule has 0 radical (unpaired) electrons. The van der Waals surface area contributed by atoms with Crippen LogP contribution in [-0.4, -0.2) is 39.8 Å². The summed E-state index contributed by atoms with van der Waals surface area (Å²) in [6.07, 6.45) is 0. The summed E-state index contributed by atoms with van der Waals surface area (Å²) in [6, 6.07) is 12.5. The molecule has 0 fully saturated rings. The van der Waals surface area contributed by atoms with E-state index in [2.05, 4.69) is 20.8 Å². The summed E-state index contributed by atoms with van der Waals surface area (Å²) < 4.78 is 5.65. The van der Waals surface area contributed by atoms with Gasteiger partial charge < -0.3 is 10.1 Å². The molecule has 0 atom stereocenters. The van der Waals surface area contributed by atoms with Crippen LogP contribution in [0.1, 0.15) is 10.4 Å². The van der Waals surface area contributed by atoms with E-state index in [4.69, 9.17) is 4.74 Å². The van der Waals surface area contributed by atoms with Crippen LogP contribution in [0.3, 0.4) is 0 Å². The minimum atomic E-state index is -0.535. The van der Waals surface area contributed by atoms with Gasteiger partial charge in [0.1, 0.15) is 5.75 Å². The molecule has 1 aromatic heterocycles. The lowest BCUT2D eigenvalue weighted by molar-refractivity contribution is -0.384. The lowest BCUT2D eigenvalue weighted by atomic mass is 10.2. The lowest BCUT2D eigenvalue weighted by Crippen LogP contribution is -2.14. The molecule has 30 heavy (non-hydrogen) atoms. The fourth-order valence-electron chi connectivity index (χ4n) is 2.34. The van der Waals surface area contributed by atoms with Gasteiger partial charge in [0, 0.05) is 17.8 Å². The number of anilines is 2. The molecule has 10 nitrogen and oxygen atoms in total. The van der Waals surface area contributed by atoms with E-state index in [1.54, 1.807) is 30.3 Å². The van der Waals surface area contributed by atoms with Gasteiger partial charge in [0.05, 0.1) is 23.3 Å². The number of hydrogen-bond acceptors (Lipinski definition) is 9. The van der Waals surface area contributed by atoms with Crippen molar-refractivity contribution in [3.63, 3.8) is 0 Å². The number of amides is 2. The highest BCUT2D eigenvalue weighted by Crippen LogP contribution is 2.27. The molecule has 3 aromatic rings. The Bertz CT molecular complexity index is 1090. The molecule has 2 N–H and O–H groups in total. The summed E-state index contributed by atoms with van der Waals surface area (Å²) in [6.45, 7) is 0. The van der Waals surface area contributed by atoms with Crippen molar-refractivity contribution in [3.8, 4) is 5.75 Å². The second-order valence-electron chi connectivity index (χ2n) is 5.67. The minimum Gasteiger partial charge on any atom is -0.496 e. The first-order valence-electron chi connectivity index (χ1n) is 8.41. The molecule has 0 unspecified atom stereocenters. The van der Waals surface area contributed by atoms with E-state index in [0.29, 0.717) is 21.3 Å². The van der Waals surface area contributed by atoms with Crippen LogP contribution in [0.15, 0.2) is 52.9 Å². The Morgan fingerprint density at radius 3 is 2.73 bits per heavy atom. The summed E-state index contributed by atoms with van der Waals surface area (Å²) in [5, 5.41) is 24.1. The van der Waals surface area contributed by atoms with E-state index >= 15 is 0 Å². The zero-order valence-corrected chi connectivity index (χ0v) is 17.2. The number of hydrogen-bond donors (Lipinski definition) is 2. The number of carbonyl (C=O) groups excluding carboxylic acids is 2. The topological polar surface area (TPSA) is 136 Å². The number of carbonyl (C=O) groups is 2. The number of nitro benzene ring substituents is 1. The molecule has 0 bridgehead atoms. The van der Waals surface area contributed by atoms with Crippen LogP contribution in [0.25, 0.3) is 0 Å². The summed E-state index contributed by atoms with van der Waals surface area (Å²) in [7, 11) is 1.48. The van der Waals surface area contributed by atoms with Gasteiger partial charge in [0.2, 0.25) is 11.0 Å². The standard InChI is InChI=1S/C18H15N5O5S2/c1-28-14-8-3-2-7-13(14)16(25)20-17-21-22-18(30-17)29-10-15(24)19-11-5-4-6-12(9-11)23(26)27/h2-9H,10H2,1H3,(H,19,24)(H,20,21,25). The van der Waals surface area contributed by atoms with Gasteiger partial charge in [-0.3, -0.25) is 25.0 Å². The number of nitro groups is 1. The van der Waals surface area contributed by atoms with Crippen LogP contribution >= 0.6 is 23.1 Å². The smallest absolute Gasteiger partial charge is 0.271 e. The molecular formula is C18H15N5O5S2. The normalized spacial score (nSPS) is 10.3. The minimum absolute atomic E-state index is 0.0256. The van der Waals surface area contributed by atoms with Crippen molar-refractivity contribution in [1.29, 1.82) is 0 Å². The maximum absolute atomic E-state index is 12.4. The van der Waals surface area contributed by atoms with Crippen molar-refractivity contribution in [2.45, 2.75) is 4.34 Å². The van der Waals surface area contributed by atoms with E-state index in [-0.39, 0.29) is 28.4 Å². The molecule has 0 aliphatic heterocycles. The van der Waals surface area contributed by atoms with Crippen molar-refractivity contribution < 1.29 is 19.2 Å². The van der Waals surface area contributed by atoms with Crippen LogP contribution in [0.2, 0.25) is 0 Å². The maximum Gasteiger partial charge on any atom is 0.271 e. The quantitative estimate of drug-likeness (QED) is 0.233. The molecule has 0 spiro atoms. The zero-order chi connectivity index (χ0) is 21.5. The Hall–Kier alpha value is -3.51. The highest BCUT2D eigenvalue weighted by molar-refractivity contribution is 8.01. The third-order valence-corrected chi connectivity index (χ3v) is 5.62. The lowest BCUT2D eigenvalue weighted by Gasteiger charge is -2.06. The van der Waals surface area contributed by atoms with Crippen molar-refractivity contribution in [1.82, 2.24) is 10.2 Å². The molecule has 1 heterocycles. The van der Waals surface area contributed by atoms with Gasteiger partial charge in [-0.25, -0.2) is 0 Å². The summed E-state index contributed by atoms with van der Waals surface area (Å²) in [5.41, 5.74) is 0.581. The second-order valence-corrected chi connectivity index (χ2v) is 7.87. The number of thioether (sulfide) groups is 1. The van der Waals surface area contributed by atoms with Crippen molar-refractivity contribution in [2.24, 2.45) is 0 Å². The number of para-hydroxylation sites is 1. The van der Waals surface area contributed by atoms with Gasteiger partial charge in [0.15, 0.2) is 4.34 Å². The van der Waals surface area contributed by atoms with Gasteiger partial charge in [0.25, 0.3) is 11.6 Å². The van der Waals surface area contributed by atoms with Crippen LogP contribution in [0, 0.1) is 10.1 Å². The first-order chi connectivity index (χ1) is 14.5. The summed E-state index contributed by atoms with van der Waals surface area (Å²) >= 11 is 2.26. The Morgan fingerprint density at radius 1 is 1.17 bits per heavy atom. The summed E-state index contributed by atoms with van der Waals surface area (Å²) in [4.78, 5) is 34.7. The van der Waals surface area contributed by atoms with Gasteiger partial charge in [-0.1, -0.05) is 41.3 Å². The third-order valence-electron chi connectivity index (χ3n) is 3.65. The van der Waals surface area contributed by atoms with Crippen LogP contribution < -0.4 is 15.4 Å².